The molecule has 2 heterocycles. The van der Waals surface area contributed by atoms with Crippen LogP contribution in [-0.4, -0.2) is 69.7 Å². The summed E-state index contributed by atoms with van der Waals surface area (Å²) in [6.45, 7) is 3.53. The molecule has 2 N–H and O–H groups in total. The minimum atomic E-state index is -5.00. The van der Waals surface area contributed by atoms with E-state index in [1.165, 1.54) is 25.5 Å². The highest BCUT2D eigenvalue weighted by atomic mass is 32.1. The molecule has 0 spiro atoms. The van der Waals surface area contributed by atoms with Crippen LogP contribution in [0.4, 0.5) is 42.1 Å². The van der Waals surface area contributed by atoms with E-state index in [2.05, 4.69) is 27.2 Å². The number of ether oxygens (including phenoxy) is 1. The first kappa shape index (κ1) is 32.0. The van der Waals surface area contributed by atoms with Gasteiger partial charge in [-0.15, -0.1) is 24.5 Å². The fourth-order valence-corrected chi connectivity index (χ4v) is 6.68. The van der Waals surface area contributed by atoms with Crippen LogP contribution < -0.4 is 20.7 Å². The minimum Gasteiger partial charge on any atom is -0.404 e. The zero-order valence-electron chi connectivity index (χ0n) is 22.9. The van der Waals surface area contributed by atoms with Crippen molar-refractivity contribution < 1.29 is 40.0 Å². The molecule has 1 aromatic heterocycles. The molecule has 1 aliphatic heterocycles. The van der Waals surface area contributed by atoms with Crippen molar-refractivity contribution in [1.82, 2.24) is 4.90 Å². The Morgan fingerprint density at radius 2 is 1.86 bits per heavy atom. The molecule has 2 atom stereocenters. The topological polar surface area (TPSA) is 53.6 Å². The monoisotopic (exact) mass is 635 g/mol. The fourth-order valence-electron chi connectivity index (χ4n) is 4.65. The van der Waals surface area contributed by atoms with E-state index in [0.29, 0.717) is 28.7 Å². The Morgan fingerprint density at radius 1 is 1.12 bits per heavy atom. The third kappa shape index (κ3) is 8.33. The van der Waals surface area contributed by atoms with Crippen LogP contribution >= 0.6 is 18.5 Å². The molecule has 5 nitrogen and oxygen atoms in total. The van der Waals surface area contributed by atoms with Crippen molar-refractivity contribution in [3.63, 3.8) is 0 Å². The van der Waals surface area contributed by atoms with Gasteiger partial charge in [0.1, 0.15) is 13.3 Å². The van der Waals surface area contributed by atoms with E-state index in [0.717, 1.165) is 17.4 Å². The average molecular weight is 636 g/mol. The smallest absolute Gasteiger partial charge is 0.404 e. The quantitative estimate of drug-likeness (QED) is 0.165. The van der Waals surface area contributed by atoms with Crippen LogP contribution in [-0.2, 0) is 11.0 Å². The standard InChI is InChI=1S/C28H29F7N3O2PS/c1-38-13-11-21(20(29)16-38)37-23-7-4-6-18-19(15-27(30,31)32)25(42-26(18)23)8-5-12-36-22-10-9-17(41(2,3)39)14-24(22)40-28(33,34)35/h4,6-7,9-10,14,20-21,36-37H,11-13,15-16H2,1-3H3. The number of thiophene rings is 1. The lowest BCUT2D eigenvalue weighted by molar-refractivity contribution is -0.274. The number of benzene rings is 2. The summed E-state index contributed by atoms with van der Waals surface area (Å²) in [4.78, 5) is 2.02. The van der Waals surface area contributed by atoms with Crippen LogP contribution in [0.25, 0.3) is 10.1 Å². The number of halogens is 7. The van der Waals surface area contributed by atoms with E-state index in [1.807, 2.05) is 11.9 Å². The largest absolute Gasteiger partial charge is 0.573 e. The molecule has 0 saturated carbocycles. The summed E-state index contributed by atoms with van der Waals surface area (Å²) >= 11 is 1.04. The predicted molar refractivity (Wildman–Crippen MR) is 154 cm³/mol. The Hall–Kier alpha value is -2.94. The van der Waals surface area contributed by atoms with Gasteiger partial charge in [0.2, 0.25) is 0 Å². The first-order valence-electron chi connectivity index (χ1n) is 12.9. The van der Waals surface area contributed by atoms with E-state index in [1.54, 1.807) is 18.2 Å². The third-order valence-electron chi connectivity index (χ3n) is 6.66. The van der Waals surface area contributed by atoms with Gasteiger partial charge in [0, 0.05) is 18.4 Å². The maximum atomic E-state index is 14.7. The van der Waals surface area contributed by atoms with Gasteiger partial charge < -0.3 is 24.8 Å². The SMILES string of the molecule is CN1CCC(Nc2cccc3c(CC(F)(F)F)c(C#CCNc4ccc(P(C)(C)=O)cc4OC(F)(F)F)sc23)C(F)C1. The molecule has 1 fully saturated rings. The highest BCUT2D eigenvalue weighted by Gasteiger charge is 2.34. The summed E-state index contributed by atoms with van der Waals surface area (Å²) in [5.41, 5.74) is 0.421. The van der Waals surface area contributed by atoms with E-state index < -0.39 is 44.1 Å². The number of piperidine rings is 1. The molecule has 1 saturated heterocycles. The second kappa shape index (κ2) is 12.3. The van der Waals surface area contributed by atoms with E-state index in [9.17, 15) is 35.3 Å². The van der Waals surface area contributed by atoms with Gasteiger partial charge in [-0.3, -0.25) is 0 Å². The van der Waals surface area contributed by atoms with Gasteiger partial charge >= 0.3 is 12.5 Å². The van der Waals surface area contributed by atoms with Crippen LogP contribution in [0.5, 0.6) is 5.75 Å². The Kier molecular flexibility index (Phi) is 9.40. The normalized spacial score (nSPS) is 18.4. The molecule has 2 unspecified atom stereocenters. The number of nitrogens with one attached hydrogen (secondary N) is 2. The van der Waals surface area contributed by atoms with Gasteiger partial charge in [-0.1, -0.05) is 24.0 Å². The van der Waals surface area contributed by atoms with E-state index in [4.69, 9.17) is 0 Å². The zero-order valence-corrected chi connectivity index (χ0v) is 24.6. The molecule has 2 aromatic carbocycles. The summed E-state index contributed by atoms with van der Waals surface area (Å²) in [5.74, 6) is 4.83. The lowest BCUT2D eigenvalue weighted by Crippen LogP contribution is -2.46. The second-order valence-corrected chi connectivity index (χ2v) is 14.7. The summed E-state index contributed by atoms with van der Waals surface area (Å²) in [7, 11) is -1.06. The highest BCUT2D eigenvalue weighted by Crippen LogP contribution is 2.40. The Labute approximate surface area is 242 Å². The lowest BCUT2D eigenvalue weighted by atomic mass is 10.0. The number of likely N-dealkylation sites (tertiary alicyclic amines) is 1. The van der Waals surface area contributed by atoms with Crippen LogP contribution in [0.1, 0.15) is 16.9 Å². The zero-order chi connectivity index (χ0) is 30.9. The molecule has 4 rings (SSSR count). The number of alkyl halides is 7. The molecule has 14 heteroatoms. The van der Waals surface area contributed by atoms with Crippen molar-refractivity contribution in [3.8, 4) is 17.6 Å². The van der Waals surface area contributed by atoms with Crippen LogP contribution in [0, 0.1) is 11.8 Å². The minimum absolute atomic E-state index is 0.0223. The summed E-state index contributed by atoms with van der Waals surface area (Å²) in [6.07, 6.45) is -11.4. The second-order valence-electron chi connectivity index (χ2n) is 10.4. The third-order valence-corrected chi connectivity index (χ3v) is 9.38. The van der Waals surface area contributed by atoms with E-state index >= 15 is 0 Å². The molecular formula is C28H29F7N3O2PS. The van der Waals surface area contributed by atoms with Crippen molar-refractivity contribution in [2.75, 3.05) is 50.6 Å². The molecular weight excluding hydrogens is 606 g/mol. The average Bonchev–Trinajstić information content (AvgIpc) is 3.19. The van der Waals surface area contributed by atoms with Gasteiger partial charge in [-0.2, -0.15) is 13.2 Å². The van der Waals surface area contributed by atoms with Crippen molar-refractivity contribution in [2.45, 2.75) is 37.6 Å². The highest BCUT2D eigenvalue weighted by molar-refractivity contribution is 7.70. The molecule has 0 amide bonds. The predicted octanol–water partition coefficient (Wildman–Crippen LogP) is 7.07. The number of hydrogen-bond donors (Lipinski definition) is 2. The van der Waals surface area contributed by atoms with Gasteiger partial charge in [-0.25, -0.2) is 4.39 Å². The van der Waals surface area contributed by atoms with Crippen LogP contribution in [0.2, 0.25) is 0 Å². The molecule has 0 aliphatic carbocycles. The summed E-state index contributed by atoms with van der Waals surface area (Å²) in [5, 5.41) is 6.40. The lowest BCUT2D eigenvalue weighted by Gasteiger charge is -2.33. The molecule has 42 heavy (non-hydrogen) atoms. The fraction of sp³-hybridized carbons (Fsp3) is 0.429. The molecule has 1 aliphatic rings. The number of hydrogen-bond acceptors (Lipinski definition) is 6. The molecule has 228 valence electrons. The number of anilines is 2. The van der Waals surface area contributed by atoms with Crippen molar-refractivity contribution in [1.29, 1.82) is 0 Å². The first-order valence-corrected chi connectivity index (χ1v) is 16.3. The molecule has 0 bridgehead atoms. The number of nitrogens with zero attached hydrogens (tertiary/aromatic N) is 1. The van der Waals surface area contributed by atoms with Crippen molar-refractivity contribution >= 4 is 45.2 Å². The van der Waals surface area contributed by atoms with Gasteiger partial charge in [-0.05, 0) is 62.0 Å². The van der Waals surface area contributed by atoms with Gasteiger partial charge in [0.25, 0.3) is 0 Å². The first-order chi connectivity index (χ1) is 19.5. The Bertz CT molecular complexity index is 1540. The van der Waals surface area contributed by atoms with Crippen molar-refractivity contribution in [2.24, 2.45) is 0 Å². The van der Waals surface area contributed by atoms with Crippen LogP contribution in [0.3, 0.4) is 0 Å². The summed E-state index contributed by atoms with van der Waals surface area (Å²) < 4.78 is 111. The maximum absolute atomic E-state index is 14.7. The van der Waals surface area contributed by atoms with E-state index in [-0.39, 0.29) is 34.5 Å². The van der Waals surface area contributed by atoms with Crippen molar-refractivity contribution in [3.05, 3.63) is 46.8 Å². The van der Waals surface area contributed by atoms with Gasteiger partial charge in [0.15, 0.2) is 5.75 Å². The number of fused-ring (bicyclic) bond motifs is 1. The van der Waals surface area contributed by atoms with Crippen LogP contribution in [0.15, 0.2) is 36.4 Å². The number of rotatable bonds is 7. The Morgan fingerprint density at radius 3 is 2.50 bits per heavy atom. The molecule has 3 aromatic rings. The maximum Gasteiger partial charge on any atom is 0.573 e. The Balaban J connectivity index is 1.62. The van der Waals surface area contributed by atoms with Gasteiger partial charge in [0.05, 0.1) is 40.0 Å². The summed E-state index contributed by atoms with van der Waals surface area (Å²) in [6, 6.07) is 8.10. The molecule has 0 radical (unpaired) electrons.